The summed E-state index contributed by atoms with van der Waals surface area (Å²) < 4.78 is 2.11. The molecule has 4 heteroatoms. The van der Waals surface area contributed by atoms with Gasteiger partial charge in [-0.15, -0.1) is 10.2 Å². The number of benzene rings is 1. The third-order valence-corrected chi connectivity index (χ3v) is 6.53. The van der Waals surface area contributed by atoms with E-state index in [1.807, 2.05) is 18.3 Å². The summed E-state index contributed by atoms with van der Waals surface area (Å²) in [6.45, 7) is 13.0. The summed E-state index contributed by atoms with van der Waals surface area (Å²) in [7, 11) is 0. The van der Waals surface area contributed by atoms with Crippen LogP contribution in [0.4, 0.5) is 0 Å². The van der Waals surface area contributed by atoms with Gasteiger partial charge in [0.1, 0.15) is 0 Å². The van der Waals surface area contributed by atoms with Crippen LogP contribution in [-0.4, -0.2) is 19.7 Å². The summed E-state index contributed by atoms with van der Waals surface area (Å²) in [6.07, 6.45) is 1.95. The highest BCUT2D eigenvalue weighted by atomic mass is 15.2. The van der Waals surface area contributed by atoms with Crippen LogP contribution in [0, 0.1) is 26.7 Å². The molecule has 4 aromatic rings. The summed E-state index contributed by atoms with van der Waals surface area (Å²) in [5, 5.41) is 8.98. The molecule has 4 nitrogen and oxygen atoms in total. The smallest absolute Gasteiger partial charge is 0.159 e. The van der Waals surface area contributed by atoms with Crippen LogP contribution in [0.1, 0.15) is 49.0 Å². The molecule has 3 aromatic heterocycles. The maximum absolute atomic E-state index is 4.75. The van der Waals surface area contributed by atoms with Crippen molar-refractivity contribution in [1.29, 1.82) is 0 Å². The molecular formula is C27H30N4. The van der Waals surface area contributed by atoms with Gasteiger partial charge in [-0.3, -0.25) is 4.98 Å². The SMILES string of the molecule is Cc1ccc(C(C)(c2ccc(-c3ccc(-n4c(C)ccc4C)nn3)cc2)C(C)C)nc1. The highest BCUT2D eigenvalue weighted by Crippen LogP contribution is 2.38. The molecule has 0 N–H and O–H groups in total. The molecule has 3 heterocycles. The van der Waals surface area contributed by atoms with Gasteiger partial charge in [0.25, 0.3) is 0 Å². The number of nitrogens with zero attached hydrogens (tertiary/aromatic N) is 4. The summed E-state index contributed by atoms with van der Waals surface area (Å²) in [6, 6.07) is 21.2. The zero-order valence-corrected chi connectivity index (χ0v) is 19.2. The van der Waals surface area contributed by atoms with Gasteiger partial charge in [-0.05, 0) is 75.1 Å². The van der Waals surface area contributed by atoms with Crippen molar-refractivity contribution in [1.82, 2.24) is 19.7 Å². The van der Waals surface area contributed by atoms with Crippen LogP contribution in [0.5, 0.6) is 0 Å². The Morgan fingerprint density at radius 2 is 1.45 bits per heavy atom. The van der Waals surface area contributed by atoms with Crippen molar-refractivity contribution < 1.29 is 0 Å². The van der Waals surface area contributed by atoms with Gasteiger partial charge >= 0.3 is 0 Å². The van der Waals surface area contributed by atoms with Crippen molar-refractivity contribution in [2.75, 3.05) is 0 Å². The molecule has 0 aliphatic rings. The van der Waals surface area contributed by atoms with Gasteiger partial charge in [-0.25, -0.2) is 0 Å². The van der Waals surface area contributed by atoms with Crippen molar-refractivity contribution in [2.24, 2.45) is 5.92 Å². The van der Waals surface area contributed by atoms with E-state index in [2.05, 4.69) is 105 Å². The Balaban J connectivity index is 1.65. The minimum Gasteiger partial charge on any atom is -0.302 e. The minimum atomic E-state index is -0.161. The summed E-state index contributed by atoms with van der Waals surface area (Å²) in [4.78, 5) is 4.75. The Bertz CT molecular complexity index is 1150. The van der Waals surface area contributed by atoms with E-state index >= 15 is 0 Å². The average Bonchev–Trinajstić information content (AvgIpc) is 3.12. The van der Waals surface area contributed by atoms with Gasteiger partial charge in [0.05, 0.1) is 11.4 Å². The van der Waals surface area contributed by atoms with Crippen LogP contribution in [-0.2, 0) is 5.41 Å². The van der Waals surface area contributed by atoms with Crippen molar-refractivity contribution in [2.45, 2.75) is 47.0 Å². The van der Waals surface area contributed by atoms with E-state index in [1.54, 1.807) is 0 Å². The standard InChI is InChI=1S/C27H30N4/c1-18(2)27(6,25-15-7-19(3)17-28-25)23-12-10-22(11-13-23)24-14-16-26(30-29-24)31-20(4)8-9-21(31)5/h7-18H,1-6H3. The topological polar surface area (TPSA) is 43.6 Å². The Hall–Kier alpha value is -3.27. The molecule has 0 saturated carbocycles. The molecule has 0 aliphatic carbocycles. The number of rotatable bonds is 5. The molecule has 0 saturated heterocycles. The lowest BCUT2D eigenvalue weighted by molar-refractivity contribution is 0.395. The van der Waals surface area contributed by atoms with Gasteiger partial charge in [-0.1, -0.05) is 44.2 Å². The molecule has 158 valence electrons. The zero-order chi connectivity index (χ0) is 22.2. The monoisotopic (exact) mass is 410 g/mol. The highest BCUT2D eigenvalue weighted by Gasteiger charge is 2.33. The summed E-state index contributed by atoms with van der Waals surface area (Å²) in [5.41, 5.74) is 7.61. The van der Waals surface area contributed by atoms with E-state index in [9.17, 15) is 0 Å². The third kappa shape index (κ3) is 3.78. The molecule has 0 bridgehead atoms. The van der Waals surface area contributed by atoms with E-state index in [0.717, 1.165) is 34.2 Å². The first-order valence-corrected chi connectivity index (χ1v) is 10.8. The average molecular weight is 411 g/mol. The van der Waals surface area contributed by atoms with E-state index in [-0.39, 0.29) is 5.41 Å². The Morgan fingerprint density at radius 1 is 0.774 bits per heavy atom. The van der Waals surface area contributed by atoms with Crippen molar-refractivity contribution in [3.05, 3.63) is 95.1 Å². The second-order valence-electron chi connectivity index (χ2n) is 8.88. The second kappa shape index (κ2) is 8.10. The van der Waals surface area contributed by atoms with Crippen LogP contribution < -0.4 is 0 Å². The predicted molar refractivity (Wildman–Crippen MR) is 127 cm³/mol. The van der Waals surface area contributed by atoms with E-state index in [0.29, 0.717) is 5.92 Å². The molecule has 0 radical (unpaired) electrons. The highest BCUT2D eigenvalue weighted by molar-refractivity contribution is 5.60. The van der Waals surface area contributed by atoms with E-state index in [4.69, 9.17) is 4.98 Å². The maximum atomic E-state index is 4.75. The Labute approximate surface area is 185 Å². The van der Waals surface area contributed by atoms with Gasteiger partial charge < -0.3 is 4.57 Å². The molecule has 1 aromatic carbocycles. The molecule has 0 spiro atoms. The predicted octanol–water partition coefficient (Wildman–Crippen LogP) is 6.22. The quantitative estimate of drug-likeness (QED) is 0.392. The molecule has 31 heavy (non-hydrogen) atoms. The van der Waals surface area contributed by atoms with Crippen molar-refractivity contribution >= 4 is 0 Å². The first kappa shape index (κ1) is 21.0. The first-order chi connectivity index (χ1) is 14.8. The molecule has 1 atom stereocenters. The van der Waals surface area contributed by atoms with Crippen molar-refractivity contribution in [3.8, 4) is 17.1 Å². The number of hydrogen-bond donors (Lipinski definition) is 0. The van der Waals surface area contributed by atoms with Gasteiger partial charge in [0.2, 0.25) is 0 Å². The van der Waals surface area contributed by atoms with E-state index < -0.39 is 0 Å². The van der Waals surface area contributed by atoms with Crippen LogP contribution in [0.2, 0.25) is 0 Å². The molecule has 1 unspecified atom stereocenters. The van der Waals surface area contributed by atoms with Crippen molar-refractivity contribution in [3.63, 3.8) is 0 Å². The van der Waals surface area contributed by atoms with Crippen LogP contribution >= 0.6 is 0 Å². The lowest BCUT2D eigenvalue weighted by atomic mass is 9.70. The lowest BCUT2D eigenvalue weighted by Crippen LogP contribution is -2.31. The fourth-order valence-electron chi connectivity index (χ4n) is 4.17. The van der Waals surface area contributed by atoms with Crippen LogP contribution in [0.15, 0.2) is 66.9 Å². The molecule has 0 aliphatic heterocycles. The fraction of sp³-hybridized carbons (Fsp3) is 0.296. The van der Waals surface area contributed by atoms with E-state index in [1.165, 1.54) is 11.1 Å². The number of aryl methyl sites for hydroxylation is 3. The summed E-state index contributed by atoms with van der Waals surface area (Å²) >= 11 is 0. The molecule has 0 fully saturated rings. The van der Waals surface area contributed by atoms with Crippen LogP contribution in [0.25, 0.3) is 17.1 Å². The van der Waals surface area contributed by atoms with Crippen LogP contribution in [0.3, 0.4) is 0 Å². The lowest BCUT2D eigenvalue weighted by Gasteiger charge is -2.34. The Kier molecular flexibility index (Phi) is 5.48. The normalized spacial score (nSPS) is 13.4. The van der Waals surface area contributed by atoms with Gasteiger partial charge in [0.15, 0.2) is 5.82 Å². The molecular weight excluding hydrogens is 380 g/mol. The molecule has 0 amide bonds. The fourth-order valence-corrected chi connectivity index (χ4v) is 4.17. The zero-order valence-electron chi connectivity index (χ0n) is 19.2. The minimum absolute atomic E-state index is 0.161. The number of hydrogen-bond acceptors (Lipinski definition) is 3. The number of aromatic nitrogens is 4. The largest absolute Gasteiger partial charge is 0.302 e. The molecule has 4 rings (SSSR count). The maximum Gasteiger partial charge on any atom is 0.159 e. The number of pyridine rings is 1. The van der Waals surface area contributed by atoms with Gasteiger partial charge in [0, 0.05) is 28.6 Å². The third-order valence-electron chi connectivity index (χ3n) is 6.53. The summed E-state index contributed by atoms with van der Waals surface area (Å²) in [5.74, 6) is 1.25. The Morgan fingerprint density at radius 3 is 1.97 bits per heavy atom. The first-order valence-electron chi connectivity index (χ1n) is 10.8. The second-order valence-corrected chi connectivity index (χ2v) is 8.88. The van der Waals surface area contributed by atoms with Gasteiger partial charge in [-0.2, -0.15) is 0 Å².